The zero-order chi connectivity index (χ0) is 10.6. The summed E-state index contributed by atoms with van der Waals surface area (Å²) in [7, 11) is 3.09. The van der Waals surface area contributed by atoms with Gasteiger partial charge in [-0.05, 0) is 6.92 Å². The van der Waals surface area contributed by atoms with E-state index in [1.807, 2.05) is 6.92 Å². The summed E-state index contributed by atoms with van der Waals surface area (Å²) in [6, 6.07) is 3.84. The molecule has 0 bridgehead atoms. The molecule has 0 N–H and O–H groups in total. The van der Waals surface area contributed by atoms with E-state index >= 15 is 0 Å². The zero-order valence-electron chi connectivity index (χ0n) is 8.50. The average molecular weight is 192 g/mol. The van der Waals surface area contributed by atoms with Crippen molar-refractivity contribution in [1.29, 1.82) is 5.26 Å². The summed E-state index contributed by atoms with van der Waals surface area (Å²) in [5.74, 6) is 1.11. The van der Waals surface area contributed by atoms with Crippen molar-refractivity contribution in [2.75, 3.05) is 14.2 Å². The van der Waals surface area contributed by atoms with Gasteiger partial charge in [0, 0.05) is 11.8 Å². The van der Waals surface area contributed by atoms with Gasteiger partial charge in [-0.2, -0.15) is 5.26 Å². The molecule has 1 aromatic heterocycles. The monoisotopic (exact) mass is 192 g/mol. The summed E-state index contributed by atoms with van der Waals surface area (Å²) in [6.07, 6.45) is 0.236. The number of pyridine rings is 1. The Morgan fingerprint density at radius 1 is 1.43 bits per heavy atom. The molecule has 0 aliphatic carbocycles. The van der Waals surface area contributed by atoms with E-state index in [4.69, 9.17) is 14.7 Å². The van der Waals surface area contributed by atoms with E-state index < -0.39 is 0 Å². The van der Waals surface area contributed by atoms with Crippen LogP contribution < -0.4 is 9.47 Å². The van der Waals surface area contributed by atoms with Crippen LogP contribution in [-0.4, -0.2) is 19.2 Å². The molecule has 0 saturated heterocycles. The fraction of sp³-hybridized carbons (Fsp3) is 0.400. The highest BCUT2D eigenvalue weighted by atomic mass is 16.5. The van der Waals surface area contributed by atoms with Gasteiger partial charge >= 0.3 is 0 Å². The van der Waals surface area contributed by atoms with Crippen LogP contribution in [0.15, 0.2) is 6.07 Å². The molecule has 4 nitrogen and oxygen atoms in total. The number of ether oxygens (including phenoxy) is 2. The molecule has 1 aromatic rings. The largest absolute Gasteiger partial charge is 0.496 e. The minimum Gasteiger partial charge on any atom is -0.496 e. The number of hydrogen-bond donors (Lipinski definition) is 0. The number of aromatic nitrogens is 1. The second-order valence-corrected chi connectivity index (χ2v) is 2.79. The predicted molar refractivity (Wildman–Crippen MR) is 51.4 cm³/mol. The van der Waals surface area contributed by atoms with Crippen LogP contribution in [0, 0.1) is 18.3 Å². The normalized spacial score (nSPS) is 9.29. The lowest BCUT2D eigenvalue weighted by atomic mass is 10.1. The molecule has 74 valence electrons. The topological polar surface area (TPSA) is 55.1 Å². The highest BCUT2D eigenvalue weighted by Crippen LogP contribution is 2.27. The van der Waals surface area contributed by atoms with Gasteiger partial charge < -0.3 is 9.47 Å². The Hall–Kier alpha value is -1.76. The van der Waals surface area contributed by atoms with Crippen LogP contribution in [0.4, 0.5) is 0 Å². The van der Waals surface area contributed by atoms with Gasteiger partial charge in [0.1, 0.15) is 5.75 Å². The van der Waals surface area contributed by atoms with Gasteiger partial charge in [-0.15, -0.1) is 0 Å². The van der Waals surface area contributed by atoms with E-state index in [1.165, 1.54) is 7.11 Å². The van der Waals surface area contributed by atoms with Crippen LogP contribution in [0.2, 0.25) is 0 Å². The van der Waals surface area contributed by atoms with E-state index in [1.54, 1.807) is 13.2 Å². The SMILES string of the molecule is COc1cc(C)nc(OC)c1CC#N. The van der Waals surface area contributed by atoms with Gasteiger partial charge in [-0.3, -0.25) is 0 Å². The van der Waals surface area contributed by atoms with E-state index in [0.29, 0.717) is 17.2 Å². The van der Waals surface area contributed by atoms with Gasteiger partial charge in [0.15, 0.2) is 0 Å². The standard InChI is InChI=1S/C10H12N2O2/c1-7-6-9(13-2)8(4-5-11)10(12-7)14-3/h6H,4H2,1-3H3. The minimum atomic E-state index is 0.236. The van der Waals surface area contributed by atoms with Crippen molar-refractivity contribution in [3.63, 3.8) is 0 Å². The Balaban J connectivity index is 3.26. The Kier molecular flexibility index (Phi) is 3.29. The van der Waals surface area contributed by atoms with Gasteiger partial charge in [0.25, 0.3) is 0 Å². The Morgan fingerprint density at radius 3 is 2.64 bits per heavy atom. The molecule has 0 aliphatic rings. The first-order valence-corrected chi connectivity index (χ1v) is 4.18. The lowest BCUT2D eigenvalue weighted by Gasteiger charge is -2.10. The Morgan fingerprint density at radius 2 is 2.14 bits per heavy atom. The Labute approximate surface area is 83.1 Å². The van der Waals surface area contributed by atoms with E-state index in [2.05, 4.69) is 11.1 Å². The molecule has 1 heterocycles. The lowest BCUT2D eigenvalue weighted by molar-refractivity contribution is 0.374. The third-order valence-electron chi connectivity index (χ3n) is 1.84. The molecule has 0 saturated carbocycles. The van der Waals surface area contributed by atoms with Gasteiger partial charge in [-0.1, -0.05) is 0 Å². The highest BCUT2D eigenvalue weighted by Gasteiger charge is 2.11. The van der Waals surface area contributed by atoms with E-state index in [-0.39, 0.29) is 6.42 Å². The quantitative estimate of drug-likeness (QED) is 0.727. The lowest BCUT2D eigenvalue weighted by Crippen LogP contribution is -2.00. The second-order valence-electron chi connectivity index (χ2n) is 2.79. The molecule has 1 rings (SSSR count). The van der Waals surface area contributed by atoms with Crippen molar-refractivity contribution in [1.82, 2.24) is 4.98 Å². The third-order valence-corrected chi connectivity index (χ3v) is 1.84. The first kappa shape index (κ1) is 10.3. The van der Waals surface area contributed by atoms with Crippen molar-refractivity contribution in [3.05, 3.63) is 17.3 Å². The molecular weight excluding hydrogens is 180 g/mol. The molecule has 0 aromatic carbocycles. The summed E-state index contributed by atoms with van der Waals surface area (Å²) in [5, 5.41) is 8.64. The van der Waals surface area contributed by atoms with Crippen molar-refractivity contribution < 1.29 is 9.47 Å². The minimum absolute atomic E-state index is 0.236. The Bertz CT molecular complexity index is 344. The maximum Gasteiger partial charge on any atom is 0.221 e. The molecule has 0 unspecified atom stereocenters. The van der Waals surface area contributed by atoms with Crippen LogP contribution in [-0.2, 0) is 6.42 Å². The molecule has 4 heteroatoms. The predicted octanol–water partition coefficient (Wildman–Crippen LogP) is 1.47. The molecule has 0 radical (unpaired) electrons. The van der Waals surface area contributed by atoms with Crippen molar-refractivity contribution in [2.24, 2.45) is 0 Å². The maximum atomic E-state index is 8.64. The molecular formula is C10H12N2O2. The molecule has 0 aliphatic heterocycles. The van der Waals surface area contributed by atoms with Gasteiger partial charge in [0.05, 0.1) is 32.3 Å². The summed E-state index contributed by atoms with van der Waals surface area (Å²) >= 11 is 0. The maximum absolute atomic E-state index is 8.64. The summed E-state index contributed by atoms with van der Waals surface area (Å²) in [6.45, 7) is 1.85. The third kappa shape index (κ3) is 1.94. The summed E-state index contributed by atoms with van der Waals surface area (Å²) in [4.78, 5) is 4.17. The number of rotatable bonds is 3. The van der Waals surface area contributed by atoms with Crippen molar-refractivity contribution >= 4 is 0 Å². The zero-order valence-corrected chi connectivity index (χ0v) is 8.50. The molecule has 14 heavy (non-hydrogen) atoms. The fourth-order valence-electron chi connectivity index (χ4n) is 1.23. The molecule has 0 fully saturated rings. The number of hydrogen-bond acceptors (Lipinski definition) is 4. The van der Waals surface area contributed by atoms with Crippen molar-refractivity contribution in [3.8, 4) is 17.7 Å². The van der Waals surface area contributed by atoms with Crippen LogP contribution in [0.3, 0.4) is 0 Å². The van der Waals surface area contributed by atoms with Crippen LogP contribution in [0.25, 0.3) is 0 Å². The van der Waals surface area contributed by atoms with Crippen LogP contribution in [0.5, 0.6) is 11.6 Å². The number of aryl methyl sites for hydroxylation is 1. The smallest absolute Gasteiger partial charge is 0.221 e. The molecule has 0 amide bonds. The van der Waals surface area contributed by atoms with E-state index in [9.17, 15) is 0 Å². The summed E-state index contributed by atoms with van der Waals surface area (Å²) < 4.78 is 10.2. The van der Waals surface area contributed by atoms with Crippen molar-refractivity contribution in [2.45, 2.75) is 13.3 Å². The summed E-state index contributed by atoms with van der Waals surface area (Å²) in [5.41, 5.74) is 1.50. The second kappa shape index (κ2) is 4.47. The number of nitrogens with zero attached hydrogens (tertiary/aromatic N) is 2. The number of methoxy groups -OCH3 is 2. The van der Waals surface area contributed by atoms with Gasteiger partial charge in [0.2, 0.25) is 5.88 Å². The first-order valence-electron chi connectivity index (χ1n) is 4.18. The van der Waals surface area contributed by atoms with Gasteiger partial charge in [-0.25, -0.2) is 4.98 Å². The van der Waals surface area contributed by atoms with Crippen LogP contribution >= 0.6 is 0 Å². The molecule has 0 atom stereocenters. The highest BCUT2D eigenvalue weighted by molar-refractivity contribution is 5.43. The molecule has 0 spiro atoms. The fourth-order valence-corrected chi connectivity index (χ4v) is 1.23. The van der Waals surface area contributed by atoms with E-state index in [0.717, 1.165) is 5.69 Å². The van der Waals surface area contributed by atoms with Crippen LogP contribution in [0.1, 0.15) is 11.3 Å². The average Bonchev–Trinajstić information content (AvgIpc) is 2.20. The number of nitriles is 1. The first-order chi connectivity index (χ1) is 6.72.